The SMILES string of the molecule is CC(C)C1CCCN1C(=O)[C@H](N)Cc1ccc(O)cc1. The normalized spacial score (nSPS) is 20.4. The molecule has 1 heterocycles. The van der Waals surface area contributed by atoms with Crippen molar-refractivity contribution in [2.45, 2.75) is 45.2 Å². The number of phenols is 1. The third-order valence-corrected chi connectivity index (χ3v) is 4.06. The van der Waals surface area contributed by atoms with E-state index < -0.39 is 6.04 Å². The number of carbonyl (C=O) groups is 1. The van der Waals surface area contributed by atoms with Gasteiger partial charge in [0.2, 0.25) is 5.91 Å². The van der Waals surface area contributed by atoms with Gasteiger partial charge >= 0.3 is 0 Å². The van der Waals surface area contributed by atoms with Crippen molar-refractivity contribution in [1.82, 2.24) is 4.90 Å². The van der Waals surface area contributed by atoms with Crippen LogP contribution in [0.15, 0.2) is 24.3 Å². The third kappa shape index (κ3) is 3.31. The maximum absolute atomic E-state index is 12.5. The van der Waals surface area contributed by atoms with Gasteiger partial charge in [0.15, 0.2) is 0 Å². The lowest BCUT2D eigenvalue weighted by atomic mass is 10.0. The van der Waals surface area contributed by atoms with Crippen LogP contribution >= 0.6 is 0 Å². The molecule has 1 amide bonds. The minimum atomic E-state index is -0.501. The number of rotatable bonds is 4. The summed E-state index contributed by atoms with van der Waals surface area (Å²) >= 11 is 0. The Morgan fingerprint density at radius 1 is 1.40 bits per heavy atom. The van der Waals surface area contributed by atoms with E-state index in [1.165, 1.54) is 0 Å². The van der Waals surface area contributed by atoms with E-state index in [9.17, 15) is 9.90 Å². The fourth-order valence-corrected chi connectivity index (χ4v) is 2.95. The maximum Gasteiger partial charge on any atom is 0.240 e. The lowest BCUT2D eigenvalue weighted by Crippen LogP contribution is -2.48. The van der Waals surface area contributed by atoms with E-state index in [-0.39, 0.29) is 11.7 Å². The monoisotopic (exact) mass is 276 g/mol. The van der Waals surface area contributed by atoms with Crippen LogP contribution in [0.2, 0.25) is 0 Å². The number of aromatic hydroxyl groups is 1. The second-order valence-corrected chi connectivity index (χ2v) is 5.96. The van der Waals surface area contributed by atoms with Crippen LogP contribution in [0, 0.1) is 5.92 Å². The highest BCUT2D eigenvalue weighted by atomic mass is 16.3. The van der Waals surface area contributed by atoms with Gasteiger partial charge in [0, 0.05) is 12.6 Å². The molecule has 4 heteroatoms. The molecular weight excluding hydrogens is 252 g/mol. The number of carbonyl (C=O) groups excluding carboxylic acids is 1. The average molecular weight is 276 g/mol. The van der Waals surface area contributed by atoms with E-state index >= 15 is 0 Å². The van der Waals surface area contributed by atoms with Gasteiger partial charge in [0.05, 0.1) is 6.04 Å². The molecule has 1 aromatic carbocycles. The number of phenolic OH excluding ortho intramolecular Hbond substituents is 1. The Hall–Kier alpha value is -1.55. The molecule has 4 nitrogen and oxygen atoms in total. The molecule has 0 radical (unpaired) electrons. The van der Waals surface area contributed by atoms with Crippen LogP contribution < -0.4 is 5.73 Å². The molecule has 1 fully saturated rings. The van der Waals surface area contributed by atoms with Gasteiger partial charge in [-0.25, -0.2) is 0 Å². The summed E-state index contributed by atoms with van der Waals surface area (Å²) in [6.07, 6.45) is 2.66. The molecule has 1 aliphatic heterocycles. The topological polar surface area (TPSA) is 66.6 Å². The van der Waals surface area contributed by atoms with Crippen LogP contribution in [0.3, 0.4) is 0 Å². The molecule has 110 valence electrons. The molecule has 0 aliphatic carbocycles. The number of nitrogens with zero attached hydrogens (tertiary/aromatic N) is 1. The summed E-state index contributed by atoms with van der Waals surface area (Å²) < 4.78 is 0. The number of nitrogens with two attached hydrogens (primary N) is 1. The summed E-state index contributed by atoms with van der Waals surface area (Å²) in [6.45, 7) is 5.13. The van der Waals surface area contributed by atoms with E-state index in [1.807, 2.05) is 17.0 Å². The van der Waals surface area contributed by atoms with Crippen LogP contribution in [0.25, 0.3) is 0 Å². The molecule has 0 bridgehead atoms. The molecule has 2 rings (SSSR count). The number of amides is 1. The number of benzene rings is 1. The van der Waals surface area contributed by atoms with Gasteiger partial charge in [-0.1, -0.05) is 26.0 Å². The Kier molecular flexibility index (Phi) is 4.65. The van der Waals surface area contributed by atoms with Crippen LogP contribution in [-0.4, -0.2) is 34.5 Å². The van der Waals surface area contributed by atoms with Crippen molar-refractivity contribution in [3.8, 4) is 5.75 Å². The Morgan fingerprint density at radius 3 is 2.65 bits per heavy atom. The molecule has 3 N–H and O–H groups in total. The van der Waals surface area contributed by atoms with Gasteiger partial charge in [-0.3, -0.25) is 4.79 Å². The zero-order valence-electron chi connectivity index (χ0n) is 12.2. The summed E-state index contributed by atoms with van der Waals surface area (Å²) in [5, 5.41) is 9.26. The number of likely N-dealkylation sites (tertiary alicyclic amines) is 1. The Balaban J connectivity index is 1.99. The van der Waals surface area contributed by atoms with E-state index in [0.29, 0.717) is 18.4 Å². The zero-order chi connectivity index (χ0) is 14.7. The van der Waals surface area contributed by atoms with Crippen molar-refractivity contribution in [1.29, 1.82) is 0 Å². The minimum Gasteiger partial charge on any atom is -0.508 e. The second kappa shape index (κ2) is 6.27. The summed E-state index contributed by atoms with van der Waals surface area (Å²) in [4.78, 5) is 14.4. The van der Waals surface area contributed by atoms with E-state index in [4.69, 9.17) is 5.73 Å². The van der Waals surface area contributed by atoms with Crippen LogP contribution in [-0.2, 0) is 11.2 Å². The first-order chi connectivity index (χ1) is 9.49. The predicted octanol–water partition coefficient (Wildman–Crippen LogP) is 1.91. The van der Waals surface area contributed by atoms with Crippen molar-refractivity contribution in [2.24, 2.45) is 11.7 Å². The molecule has 0 saturated carbocycles. The molecule has 2 atom stereocenters. The van der Waals surface area contributed by atoms with Crippen molar-refractivity contribution < 1.29 is 9.90 Å². The Morgan fingerprint density at radius 2 is 2.05 bits per heavy atom. The van der Waals surface area contributed by atoms with E-state index in [0.717, 1.165) is 24.9 Å². The summed E-state index contributed by atoms with van der Waals surface area (Å²) in [7, 11) is 0. The van der Waals surface area contributed by atoms with Gasteiger partial charge < -0.3 is 15.7 Å². The molecule has 20 heavy (non-hydrogen) atoms. The first-order valence-corrected chi connectivity index (χ1v) is 7.33. The lowest BCUT2D eigenvalue weighted by Gasteiger charge is -2.30. The Labute approximate surface area is 120 Å². The molecular formula is C16H24N2O2. The largest absolute Gasteiger partial charge is 0.508 e. The van der Waals surface area contributed by atoms with E-state index in [1.54, 1.807) is 12.1 Å². The summed E-state index contributed by atoms with van der Waals surface area (Å²) in [6, 6.07) is 6.70. The quantitative estimate of drug-likeness (QED) is 0.882. The van der Waals surface area contributed by atoms with Gasteiger partial charge in [-0.15, -0.1) is 0 Å². The summed E-state index contributed by atoms with van der Waals surface area (Å²) in [5.74, 6) is 0.754. The van der Waals surface area contributed by atoms with Crippen molar-refractivity contribution in [2.75, 3.05) is 6.54 Å². The Bertz CT molecular complexity index is 456. The van der Waals surface area contributed by atoms with Gasteiger partial charge in [-0.2, -0.15) is 0 Å². The predicted molar refractivity (Wildman–Crippen MR) is 79.4 cm³/mol. The molecule has 0 spiro atoms. The van der Waals surface area contributed by atoms with Gasteiger partial charge in [0.1, 0.15) is 5.75 Å². The van der Waals surface area contributed by atoms with Crippen LogP contribution in [0.4, 0.5) is 0 Å². The van der Waals surface area contributed by atoms with Crippen molar-refractivity contribution >= 4 is 5.91 Å². The van der Waals surface area contributed by atoms with Crippen molar-refractivity contribution in [3.63, 3.8) is 0 Å². The van der Waals surface area contributed by atoms with Crippen molar-refractivity contribution in [3.05, 3.63) is 29.8 Å². The molecule has 1 aliphatic rings. The highest BCUT2D eigenvalue weighted by Crippen LogP contribution is 2.24. The average Bonchev–Trinajstić information content (AvgIpc) is 2.90. The molecule has 1 unspecified atom stereocenters. The second-order valence-electron chi connectivity index (χ2n) is 5.96. The highest BCUT2D eigenvalue weighted by Gasteiger charge is 2.33. The third-order valence-electron chi connectivity index (χ3n) is 4.06. The standard InChI is InChI=1S/C16H24N2O2/c1-11(2)15-4-3-9-18(15)16(20)14(17)10-12-5-7-13(19)8-6-12/h5-8,11,14-15,19H,3-4,9-10,17H2,1-2H3/t14-,15?/m1/s1. The van der Waals surface area contributed by atoms with Crippen LogP contribution in [0.1, 0.15) is 32.3 Å². The number of hydrogen-bond donors (Lipinski definition) is 2. The molecule has 0 aromatic heterocycles. The fourth-order valence-electron chi connectivity index (χ4n) is 2.95. The van der Waals surface area contributed by atoms with E-state index in [2.05, 4.69) is 13.8 Å². The fraction of sp³-hybridized carbons (Fsp3) is 0.562. The van der Waals surface area contributed by atoms with Gasteiger partial charge in [-0.05, 0) is 42.9 Å². The molecule has 1 saturated heterocycles. The minimum absolute atomic E-state index is 0.0503. The first kappa shape index (κ1) is 14.9. The highest BCUT2D eigenvalue weighted by molar-refractivity contribution is 5.82. The van der Waals surface area contributed by atoms with Crippen LogP contribution in [0.5, 0.6) is 5.75 Å². The lowest BCUT2D eigenvalue weighted by molar-refractivity contribution is -0.134. The van der Waals surface area contributed by atoms with Gasteiger partial charge in [0.25, 0.3) is 0 Å². The first-order valence-electron chi connectivity index (χ1n) is 7.33. The maximum atomic E-state index is 12.5. The summed E-state index contributed by atoms with van der Waals surface area (Å²) in [5.41, 5.74) is 7.05. The zero-order valence-corrected chi connectivity index (χ0v) is 12.2. The smallest absolute Gasteiger partial charge is 0.240 e. The molecule has 1 aromatic rings. The number of hydrogen-bond acceptors (Lipinski definition) is 3.